The number of nitrogens with two attached hydrogens (primary N) is 1. The maximum atomic E-state index is 13.1. The highest BCUT2D eigenvalue weighted by Crippen LogP contribution is 2.36. The monoisotopic (exact) mass is 338 g/mol. The summed E-state index contributed by atoms with van der Waals surface area (Å²) >= 11 is 0. The maximum Gasteiger partial charge on any atom is 0.160 e. The summed E-state index contributed by atoms with van der Waals surface area (Å²) in [5.74, 6) is 1.70. The van der Waals surface area contributed by atoms with Crippen LogP contribution in [0.5, 0.6) is 0 Å². The number of hydrogen-bond donors (Lipinski definition) is 1. The number of aryl methyl sites for hydroxylation is 1. The van der Waals surface area contributed by atoms with Crippen molar-refractivity contribution in [2.75, 3.05) is 6.54 Å². The van der Waals surface area contributed by atoms with Crippen LogP contribution in [-0.4, -0.2) is 36.7 Å². The highest BCUT2D eigenvalue weighted by Gasteiger charge is 2.32. The van der Waals surface area contributed by atoms with Crippen molar-refractivity contribution in [2.24, 2.45) is 24.6 Å². The smallest absolute Gasteiger partial charge is 0.160 e. The molecular weight excluding hydrogens is 308 g/mol. The van der Waals surface area contributed by atoms with Gasteiger partial charge in [0.25, 0.3) is 0 Å². The van der Waals surface area contributed by atoms with Gasteiger partial charge < -0.3 is 10.3 Å². The SMILES string of the molecule is CC1CC(CCN(C2CCC(N)CC2)S(=O)c2cn(C)cn2)C1. The molecule has 6 heteroatoms. The lowest BCUT2D eigenvalue weighted by molar-refractivity contribution is 0.170. The van der Waals surface area contributed by atoms with Crippen LogP contribution in [0.3, 0.4) is 0 Å². The van der Waals surface area contributed by atoms with Gasteiger partial charge >= 0.3 is 0 Å². The third-order valence-electron chi connectivity index (χ3n) is 5.45. The van der Waals surface area contributed by atoms with Crippen molar-refractivity contribution in [3.8, 4) is 0 Å². The largest absolute Gasteiger partial charge is 0.339 e. The molecule has 0 aromatic carbocycles. The van der Waals surface area contributed by atoms with Gasteiger partial charge in [-0.15, -0.1) is 0 Å². The van der Waals surface area contributed by atoms with Crippen LogP contribution in [0, 0.1) is 11.8 Å². The van der Waals surface area contributed by atoms with E-state index in [4.69, 9.17) is 5.73 Å². The van der Waals surface area contributed by atoms with E-state index in [0.29, 0.717) is 17.1 Å². The van der Waals surface area contributed by atoms with Crippen LogP contribution < -0.4 is 5.73 Å². The highest BCUT2D eigenvalue weighted by atomic mass is 32.2. The fourth-order valence-corrected chi connectivity index (χ4v) is 5.39. The van der Waals surface area contributed by atoms with Crippen molar-refractivity contribution in [3.63, 3.8) is 0 Å². The molecule has 0 amide bonds. The molecule has 1 atom stereocenters. The second-order valence-corrected chi connectivity index (χ2v) is 8.95. The zero-order chi connectivity index (χ0) is 16.4. The summed E-state index contributed by atoms with van der Waals surface area (Å²) in [4.78, 5) is 4.32. The summed E-state index contributed by atoms with van der Waals surface area (Å²) in [6.45, 7) is 3.24. The Bertz CT molecular complexity index is 532. The average Bonchev–Trinajstić information content (AvgIpc) is 2.93. The van der Waals surface area contributed by atoms with Crippen molar-refractivity contribution >= 4 is 11.0 Å². The molecule has 2 N–H and O–H groups in total. The molecule has 1 aromatic heterocycles. The van der Waals surface area contributed by atoms with E-state index in [-0.39, 0.29) is 0 Å². The standard InChI is InChI=1S/C17H30N4OS/c1-13-9-14(10-13)7-8-21(16-5-3-15(18)4-6-16)23(22)17-11-20(2)12-19-17/h11-16H,3-10,18H2,1-2H3. The fraction of sp³-hybridized carbons (Fsp3) is 0.824. The molecule has 1 unspecified atom stereocenters. The van der Waals surface area contributed by atoms with Gasteiger partial charge in [0, 0.05) is 31.9 Å². The van der Waals surface area contributed by atoms with Crippen LogP contribution in [0.25, 0.3) is 0 Å². The van der Waals surface area contributed by atoms with E-state index in [0.717, 1.165) is 50.5 Å². The first-order valence-corrected chi connectivity index (χ1v) is 10.1. The Hall–Kier alpha value is -0.720. The zero-order valence-electron chi connectivity index (χ0n) is 14.4. The molecule has 130 valence electrons. The van der Waals surface area contributed by atoms with Gasteiger partial charge in [0.2, 0.25) is 0 Å². The average molecular weight is 339 g/mol. The Balaban J connectivity index is 1.66. The lowest BCUT2D eigenvalue weighted by Gasteiger charge is -2.38. The molecule has 1 heterocycles. The molecule has 23 heavy (non-hydrogen) atoms. The Morgan fingerprint density at radius 3 is 2.61 bits per heavy atom. The van der Waals surface area contributed by atoms with E-state index in [1.807, 2.05) is 17.8 Å². The fourth-order valence-electron chi connectivity index (χ4n) is 4.00. The molecular formula is C17H30N4OS. The predicted molar refractivity (Wildman–Crippen MR) is 93.1 cm³/mol. The Morgan fingerprint density at radius 2 is 2.04 bits per heavy atom. The van der Waals surface area contributed by atoms with Gasteiger partial charge in [0.15, 0.2) is 5.03 Å². The van der Waals surface area contributed by atoms with Crippen molar-refractivity contribution in [2.45, 2.75) is 69.0 Å². The predicted octanol–water partition coefficient (Wildman–Crippen LogP) is 2.45. The van der Waals surface area contributed by atoms with Crippen molar-refractivity contribution in [1.82, 2.24) is 13.9 Å². The van der Waals surface area contributed by atoms with Gasteiger partial charge in [-0.05, 0) is 56.8 Å². The van der Waals surface area contributed by atoms with E-state index in [1.165, 1.54) is 12.8 Å². The molecule has 1 aromatic rings. The number of rotatable bonds is 6. The summed E-state index contributed by atoms with van der Waals surface area (Å²) in [6, 6.07) is 0.707. The van der Waals surface area contributed by atoms with Gasteiger partial charge in [-0.2, -0.15) is 0 Å². The molecule has 2 aliphatic rings. The first kappa shape index (κ1) is 17.1. The first-order chi connectivity index (χ1) is 11.0. The van der Waals surface area contributed by atoms with Gasteiger partial charge in [-0.25, -0.2) is 13.5 Å². The quantitative estimate of drug-likeness (QED) is 0.866. The molecule has 2 aliphatic carbocycles. The number of hydrogen-bond acceptors (Lipinski definition) is 3. The number of imidazole rings is 1. The van der Waals surface area contributed by atoms with E-state index >= 15 is 0 Å². The molecule has 0 saturated heterocycles. The molecule has 0 radical (unpaired) electrons. The first-order valence-electron chi connectivity index (χ1n) is 8.95. The van der Waals surface area contributed by atoms with Gasteiger partial charge in [-0.3, -0.25) is 0 Å². The van der Waals surface area contributed by atoms with Crippen molar-refractivity contribution in [1.29, 1.82) is 0 Å². The lowest BCUT2D eigenvalue weighted by Crippen LogP contribution is -2.43. The number of aromatic nitrogens is 2. The molecule has 5 nitrogen and oxygen atoms in total. The van der Waals surface area contributed by atoms with Crippen molar-refractivity contribution in [3.05, 3.63) is 12.5 Å². The minimum absolute atomic E-state index is 0.323. The van der Waals surface area contributed by atoms with Crippen LogP contribution in [0.1, 0.15) is 51.9 Å². The molecule has 3 rings (SSSR count). The Labute approximate surface area is 142 Å². The Kier molecular flexibility index (Phi) is 5.54. The topological polar surface area (TPSA) is 64.2 Å². The van der Waals surface area contributed by atoms with Gasteiger partial charge in [0.1, 0.15) is 11.0 Å². The normalized spacial score (nSPS) is 32.7. The number of nitrogens with zero attached hydrogens (tertiary/aromatic N) is 3. The molecule has 2 saturated carbocycles. The minimum atomic E-state index is -1.15. The Morgan fingerprint density at radius 1 is 1.35 bits per heavy atom. The molecule has 0 spiro atoms. The second kappa shape index (κ2) is 7.45. The molecule has 0 bridgehead atoms. The highest BCUT2D eigenvalue weighted by molar-refractivity contribution is 7.82. The van der Waals surface area contributed by atoms with Gasteiger partial charge in [0.05, 0.1) is 6.33 Å². The van der Waals surface area contributed by atoms with Crippen LogP contribution in [-0.2, 0) is 18.0 Å². The minimum Gasteiger partial charge on any atom is -0.339 e. The summed E-state index contributed by atoms with van der Waals surface area (Å²) in [6.07, 6.45) is 11.6. The van der Waals surface area contributed by atoms with E-state index in [1.54, 1.807) is 6.33 Å². The van der Waals surface area contributed by atoms with Gasteiger partial charge in [-0.1, -0.05) is 6.92 Å². The van der Waals surface area contributed by atoms with Crippen LogP contribution >= 0.6 is 0 Å². The third-order valence-corrected chi connectivity index (χ3v) is 6.93. The zero-order valence-corrected chi connectivity index (χ0v) is 15.2. The second-order valence-electron chi connectivity index (χ2n) is 7.57. The summed E-state index contributed by atoms with van der Waals surface area (Å²) in [5.41, 5.74) is 6.05. The lowest BCUT2D eigenvalue weighted by atomic mass is 9.74. The molecule has 0 aliphatic heterocycles. The van der Waals surface area contributed by atoms with Crippen LogP contribution in [0.15, 0.2) is 17.6 Å². The summed E-state index contributed by atoms with van der Waals surface area (Å²) in [5, 5.41) is 0.685. The summed E-state index contributed by atoms with van der Waals surface area (Å²) in [7, 11) is 0.772. The third kappa shape index (κ3) is 4.22. The van der Waals surface area contributed by atoms with Crippen molar-refractivity contribution < 1.29 is 4.21 Å². The van der Waals surface area contributed by atoms with E-state index in [2.05, 4.69) is 16.2 Å². The van der Waals surface area contributed by atoms with E-state index in [9.17, 15) is 4.21 Å². The summed E-state index contributed by atoms with van der Waals surface area (Å²) < 4.78 is 17.1. The van der Waals surface area contributed by atoms with Crippen LogP contribution in [0.4, 0.5) is 0 Å². The molecule has 2 fully saturated rings. The maximum absolute atomic E-state index is 13.1. The van der Waals surface area contributed by atoms with E-state index < -0.39 is 11.0 Å². The van der Waals surface area contributed by atoms with Crippen LogP contribution in [0.2, 0.25) is 0 Å².